The minimum absolute atomic E-state index is 0.00274. The number of fused-ring (bicyclic) bond motifs is 4. The van der Waals surface area contributed by atoms with E-state index in [2.05, 4.69) is 18.7 Å². The third kappa shape index (κ3) is 2.58. The molecule has 3 saturated carbocycles. The van der Waals surface area contributed by atoms with Gasteiger partial charge in [-0.25, -0.2) is 0 Å². The number of rotatable bonds is 2. The highest BCUT2D eigenvalue weighted by molar-refractivity contribution is 5.88. The van der Waals surface area contributed by atoms with Gasteiger partial charge in [0.15, 0.2) is 0 Å². The average molecular weight is 378 g/mol. The van der Waals surface area contributed by atoms with Crippen LogP contribution in [0.1, 0.15) is 78.1 Å². The number of ether oxygens (including phenoxy) is 2. The molecule has 4 fully saturated rings. The molecule has 0 aromatic heterocycles. The fourth-order valence-corrected chi connectivity index (χ4v) is 7.85. The van der Waals surface area contributed by atoms with E-state index in [4.69, 9.17) is 9.47 Å². The summed E-state index contributed by atoms with van der Waals surface area (Å²) in [6.45, 7) is 8.22. The number of carbonyl (C=O) groups is 1. The molecule has 4 heteroatoms. The predicted molar refractivity (Wildman–Crippen MR) is 107 cm³/mol. The number of hydrogen-bond acceptors (Lipinski definition) is 4. The van der Waals surface area contributed by atoms with Gasteiger partial charge in [-0.1, -0.05) is 65.2 Å². The second-order valence-electron chi connectivity index (χ2n) is 10.00. The maximum Gasteiger partial charge on any atom is 0.314 e. The van der Waals surface area contributed by atoms with Crippen molar-refractivity contribution in [1.29, 1.82) is 0 Å². The molecule has 0 radical (unpaired) electrons. The van der Waals surface area contributed by atoms with E-state index in [1.165, 1.54) is 57.8 Å². The van der Waals surface area contributed by atoms with Crippen molar-refractivity contribution >= 4 is 5.97 Å². The van der Waals surface area contributed by atoms with E-state index in [9.17, 15) is 4.79 Å². The maximum absolute atomic E-state index is 13.3. The van der Waals surface area contributed by atoms with E-state index in [1.807, 2.05) is 0 Å². The van der Waals surface area contributed by atoms with Gasteiger partial charge in [0.1, 0.15) is 0 Å². The fraction of sp³-hybridized carbons (Fsp3) is 0.957. The van der Waals surface area contributed by atoms with Crippen molar-refractivity contribution in [3.63, 3.8) is 0 Å². The molecule has 4 aliphatic rings. The van der Waals surface area contributed by atoms with E-state index in [1.54, 1.807) is 7.11 Å². The first-order chi connectivity index (χ1) is 13.0. The zero-order valence-corrected chi connectivity index (χ0v) is 17.7. The van der Waals surface area contributed by atoms with Gasteiger partial charge in [0.05, 0.1) is 25.7 Å². The largest absolute Gasteiger partial charge is 0.469 e. The summed E-state index contributed by atoms with van der Waals surface area (Å²) < 4.78 is 11.2. The molecule has 4 atom stereocenters. The highest BCUT2D eigenvalue weighted by Crippen LogP contribution is 2.89. The minimum atomic E-state index is -0.291. The van der Waals surface area contributed by atoms with Crippen molar-refractivity contribution < 1.29 is 14.3 Å². The van der Waals surface area contributed by atoms with Gasteiger partial charge in [0.2, 0.25) is 0 Å². The van der Waals surface area contributed by atoms with Crippen molar-refractivity contribution in [3.05, 3.63) is 0 Å². The summed E-state index contributed by atoms with van der Waals surface area (Å²) in [5.41, 5.74) is -0.235. The van der Waals surface area contributed by atoms with Crippen molar-refractivity contribution in [2.75, 3.05) is 33.4 Å². The van der Waals surface area contributed by atoms with Crippen LogP contribution < -0.4 is 0 Å². The van der Waals surface area contributed by atoms with Gasteiger partial charge in [-0.15, -0.1) is 0 Å². The summed E-state index contributed by atoms with van der Waals surface area (Å²) in [5.74, 6) is 1.21. The summed E-state index contributed by atoms with van der Waals surface area (Å²) in [4.78, 5) is 15.9. The lowest BCUT2D eigenvalue weighted by Crippen LogP contribution is -2.71. The van der Waals surface area contributed by atoms with E-state index in [0.29, 0.717) is 11.8 Å². The molecule has 1 saturated heterocycles. The van der Waals surface area contributed by atoms with Gasteiger partial charge in [-0.2, -0.15) is 0 Å². The molecule has 0 N–H and O–H groups in total. The molecule has 0 spiro atoms. The van der Waals surface area contributed by atoms with Crippen molar-refractivity contribution in [3.8, 4) is 0 Å². The second-order valence-corrected chi connectivity index (χ2v) is 10.00. The Morgan fingerprint density at radius 2 is 1.56 bits per heavy atom. The van der Waals surface area contributed by atoms with Crippen LogP contribution in [0.2, 0.25) is 0 Å². The molecule has 3 aliphatic carbocycles. The maximum atomic E-state index is 13.3. The summed E-state index contributed by atoms with van der Waals surface area (Å²) >= 11 is 0. The molecule has 0 unspecified atom stereocenters. The molecule has 27 heavy (non-hydrogen) atoms. The number of morpholine rings is 1. The highest BCUT2D eigenvalue weighted by Gasteiger charge is 2.95. The van der Waals surface area contributed by atoms with Crippen molar-refractivity contribution in [2.24, 2.45) is 22.7 Å². The average Bonchev–Trinajstić information content (AvgIpc) is 3.13. The quantitative estimate of drug-likeness (QED) is 0.668. The van der Waals surface area contributed by atoms with Gasteiger partial charge in [0.25, 0.3) is 0 Å². The van der Waals surface area contributed by atoms with Crippen LogP contribution in [-0.4, -0.2) is 49.8 Å². The first-order valence-electron chi connectivity index (χ1n) is 11.5. The third-order valence-electron chi connectivity index (χ3n) is 8.78. The van der Waals surface area contributed by atoms with Crippen LogP contribution >= 0.6 is 0 Å². The van der Waals surface area contributed by atoms with Crippen LogP contribution in [0, 0.1) is 22.7 Å². The summed E-state index contributed by atoms with van der Waals surface area (Å²) in [6.07, 6.45) is 13.2. The Hall–Kier alpha value is -0.610. The number of nitrogens with zero attached hydrogens (tertiary/aromatic N) is 1. The van der Waals surface area contributed by atoms with Crippen LogP contribution in [0.15, 0.2) is 0 Å². The summed E-state index contributed by atoms with van der Waals surface area (Å²) in [6, 6.07) is 0. The molecule has 0 amide bonds. The molecular weight excluding hydrogens is 338 g/mol. The zero-order valence-electron chi connectivity index (χ0n) is 17.7. The Kier molecular flexibility index (Phi) is 5.35. The molecule has 0 aromatic carbocycles. The van der Waals surface area contributed by atoms with Crippen molar-refractivity contribution in [2.45, 2.75) is 83.6 Å². The lowest BCUT2D eigenvalue weighted by molar-refractivity contribution is -0.188. The van der Waals surface area contributed by atoms with Crippen LogP contribution in [0.25, 0.3) is 0 Å². The number of methoxy groups -OCH3 is 1. The summed E-state index contributed by atoms with van der Waals surface area (Å²) in [7, 11) is 1.60. The number of esters is 1. The number of hydrogen-bond donors (Lipinski definition) is 0. The molecule has 0 bridgehead atoms. The van der Waals surface area contributed by atoms with Gasteiger partial charge in [-0.05, 0) is 30.1 Å². The minimum Gasteiger partial charge on any atom is -0.469 e. The molecule has 4 rings (SSSR count). The van der Waals surface area contributed by atoms with Gasteiger partial charge < -0.3 is 9.47 Å². The normalized spacial score (nSPS) is 42.5. The van der Waals surface area contributed by atoms with Gasteiger partial charge in [0, 0.05) is 18.6 Å². The Labute approximate surface area is 165 Å². The predicted octanol–water partition coefficient (Wildman–Crippen LogP) is 4.42. The lowest BCUT2D eigenvalue weighted by Gasteiger charge is -2.61. The van der Waals surface area contributed by atoms with Crippen LogP contribution in [-0.2, 0) is 14.3 Å². The fourth-order valence-electron chi connectivity index (χ4n) is 7.85. The molecule has 0 aromatic rings. The first kappa shape index (κ1) is 19.7. The molecule has 1 aliphatic heterocycles. The topological polar surface area (TPSA) is 38.8 Å². The van der Waals surface area contributed by atoms with Gasteiger partial charge in [-0.3, -0.25) is 9.69 Å². The lowest BCUT2D eigenvalue weighted by atomic mass is 9.53. The van der Waals surface area contributed by atoms with E-state index < -0.39 is 0 Å². The SMILES string of the molecule is COC(=O)[C@@]12[C@@H]([C@H]3CCCCCCCCCC[C@]31N1CCOCC1)C2(C)C. The van der Waals surface area contributed by atoms with E-state index in [-0.39, 0.29) is 22.3 Å². The standard InChI is InChI=1S/C23H39NO3/c1-21(2)19-18-12-10-8-6-4-5-7-9-11-13-22(18,23(19,21)20(25)26-3)24-14-16-27-17-15-24/h18-19H,4-17H2,1-3H3/t18-,19+,22+,23-/m1/s1. The van der Waals surface area contributed by atoms with Crippen LogP contribution in [0.5, 0.6) is 0 Å². The van der Waals surface area contributed by atoms with Crippen LogP contribution in [0.4, 0.5) is 0 Å². The smallest absolute Gasteiger partial charge is 0.314 e. The number of carbonyl (C=O) groups excluding carboxylic acids is 1. The van der Waals surface area contributed by atoms with E-state index >= 15 is 0 Å². The molecule has 4 nitrogen and oxygen atoms in total. The first-order valence-corrected chi connectivity index (χ1v) is 11.5. The second kappa shape index (κ2) is 7.33. The Balaban J connectivity index is 1.71. The zero-order chi connectivity index (χ0) is 19.1. The monoisotopic (exact) mass is 377 g/mol. The summed E-state index contributed by atoms with van der Waals surface area (Å²) in [5, 5.41) is 0. The Bertz CT molecular complexity index is 556. The van der Waals surface area contributed by atoms with Crippen LogP contribution in [0.3, 0.4) is 0 Å². The molecule has 1 heterocycles. The Morgan fingerprint density at radius 1 is 0.963 bits per heavy atom. The van der Waals surface area contributed by atoms with E-state index in [0.717, 1.165) is 32.7 Å². The molecular formula is C23H39NO3. The van der Waals surface area contributed by atoms with Crippen molar-refractivity contribution in [1.82, 2.24) is 4.90 Å². The highest BCUT2D eigenvalue weighted by atomic mass is 16.5. The Morgan fingerprint density at radius 3 is 2.19 bits per heavy atom. The molecule has 154 valence electrons. The third-order valence-corrected chi connectivity index (χ3v) is 8.78. The van der Waals surface area contributed by atoms with Gasteiger partial charge >= 0.3 is 5.97 Å².